The van der Waals surface area contributed by atoms with Gasteiger partial charge in [0.15, 0.2) is 11.5 Å². The molecule has 0 fully saturated rings. The molecule has 0 spiro atoms. The molecule has 0 unspecified atom stereocenters. The number of hydrogen-bond donors (Lipinski definition) is 0. The van der Waals surface area contributed by atoms with Gasteiger partial charge in [0.05, 0.1) is 6.54 Å². The molecule has 0 N–H and O–H groups in total. The summed E-state index contributed by atoms with van der Waals surface area (Å²) in [4.78, 5) is 0. The SMILES string of the molecule is CCN(CC)S(=O)(=O)N(C)C[C@H]1COc2ccccc2O1. The third-order valence-electron chi connectivity index (χ3n) is 3.45. The summed E-state index contributed by atoms with van der Waals surface area (Å²) in [6, 6.07) is 7.39. The summed E-state index contributed by atoms with van der Waals surface area (Å²) >= 11 is 0. The van der Waals surface area contributed by atoms with Gasteiger partial charge in [-0.2, -0.15) is 17.0 Å². The lowest BCUT2D eigenvalue weighted by Crippen LogP contribution is -2.47. The molecule has 7 heteroatoms. The topological polar surface area (TPSA) is 59.1 Å². The fourth-order valence-corrected chi connectivity index (χ4v) is 3.68. The molecular formula is C14H22N2O4S. The van der Waals surface area contributed by atoms with Crippen LogP contribution in [0.5, 0.6) is 11.5 Å². The maximum Gasteiger partial charge on any atom is 0.281 e. The standard InChI is InChI=1S/C14H22N2O4S/c1-4-16(5-2)21(17,18)15(3)10-12-11-19-13-8-6-7-9-14(13)20-12/h6-9,12H,4-5,10-11H2,1-3H3/t12-/m0/s1. The molecule has 0 aliphatic carbocycles. The number of benzene rings is 1. The molecule has 1 heterocycles. The predicted molar refractivity (Wildman–Crippen MR) is 80.8 cm³/mol. The molecule has 0 bridgehead atoms. The molecule has 0 amide bonds. The smallest absolute Gasteiger partial charge is 0.281 e. The number of para-hydroxylation sites is 2. The number of rotatable bonds is 6. The van der Waals surface area contributed by atoms with Crippen molar-refractivity contribution in [3.05, 3.63) is 24.3 Å². The summed E-state index contributed by atoms with van der Waals surface area (Å²) in [7, 11) is -1.88. The zero-order chi connectivity index (χ0) is 15.5. The second-order valence-electron chi connectivity index (χ2n) is 4.87. The molecule has 0 radical (unpaired) electrons. The third-order valence-corrected chi connectivity index (χ3v) is 5.56. The first-order chi connectivity index (χ1) is 9.98. The van der Waals surface area contributed by atoms with Gasteiger partial charge in [0, 0.05) is 20.1 Å². The molecule has 2 rings (SSSR count). The summed E-state index contributed by atoms with van der Waals surface area (Å²) in [5.74, 6) is 1.35. The summed E-state index contributed by atoms with van der Waals surface area (Å²) in [5.41, 5.74) is 0. The van der Waals surface area contributed by atoms with E-state index in [1.807, 2.05) is 38.1 Å². The summed E-state index contributed by atoms with van der Waals surface area (Å²) in [5, 5.41) is 0. The van der Waals surface area contributed by atoms with Gasteiger partial charge in [0.2, 0.25) is 0 Å². The minimum Gasteiger partial charge on any atom is -0.486 e. The van der Waals surface area contributed by atoms with E-state index in [1.165, 1.54) is 8.61 Å². The molecule has 0 saturated heterocycles. The molecule has 1 aliphatic heterocycles. The molecule has 6 nitrogen and oxygen atoms in total. The first kappa shape index (κ1) is 16.1. The lowest BCUT2D eigenvalue weighted by molar-refractivity contribution is 0.0788. The molecule has 1 aromatic carbocycles. The number of hydrogen-bond acceptors (Lipinski definition) is 4. The molecular weight excluding hydrogens is 292 g/mol. The molecule has 0 saturated carbocycles. The second-order valence-corrected chi connectivity index (χ2v) is 6.91. The average Bonchev–Trinajstić information content (AvgIpc) is 2.48. The molecule has 0 aromatic heterocycles. The van der Waals surface area contributed by atoms with Gasteiger partial charge in [-0.25, -0.2) is 0 Å². The summed E-state index contributed by atoms with van der Waals surface area (Å²) < 4.78 is 38.9. The van der Waals surface area contributed by atoms with Gasteiger partial charge in [-0.3, -0.25) is 0 Å². The van der Waals surface area contributed by atoms with Crippen molar-refractivity contribution in [3.8, 4) is 11.5 Å². The van der Waals surface area contributed by atoms with Crippen LogP contribution in [-0.2, 0) is 10.2 Å². The maximum absolute atomic E-state index is 12.4. The monoisotopic (exact) mass is 314 g/mol. The highest BCUT2D eigenvalue weighted by Crippen LogP contribution is 2.31. The van der Waals surface area contributed by atoms with Crippen molar-refractivity contribution in [1.29, 1.82) is 0 Å². The van der Waals surface area contributed by atoms with Crippen LogP contribution in [0.1, 0.15) is 13.8 Å². The molecule has 1 aliphatic rings. The zero-order valence-electron chi connectivity index (χ0n) is 12.7. The van der Waals surface area contributed by atoms with Crippen molar-refractivity contribution in [1.82, 2.24) is 8.61 Å². The van der Waals surface area contributed by atoms with Crippen molar-refractivity contribution >= 4 is 10.2 Å². The average molecular weight is 314 g/mol. The van der Waals surface area contributed by atoms with E-state index in [9.17, 15) is 8.42 Å². The Labute approximate surface area is 126 Å². The van der Waals surface area contributed by atoms with Gasteiger partial charge < -0.3 is 9.47 Å². The Kier molecular flexibility index (Phi) is 5.08. The van der Waals surface area contributed by atoms with E-state index >= 15 is 0 Å². The molecule has 21 heavy (non-hydrogen) atoms. The highest BCUT2D eigenvalue weighted by Gasteiger charge is 2.29. The minimum atomic E-state index is -3.45. The van der Waals surface area contributed by atoms with Crippen LogP contribution < -0.4 is 9.47 Å². The maximum atomic E-state index is 12.4. The number of nitrogens with zero attached hydrogens (tertiary/aromatic N) is 2. The molecule has 1 atom stereocenters. The Morgan fingerprint density at radius 2 is 1.81 bits per heavy atom. The minimum absolute atomic E-state index is 0.257. The zero-order valence-corrected chi connectivity index (χ0v) is 13.5. The second kappa shape index (κ2) is 6.64. The van der Waals surface area contributed by atoms with Crippen LogP contribution in [0.2, 0.25) is 0 Å². The van der Waals surface area contributed by atoms with Crippen LogP contribution in [0, 0.1) is 0 Å². The van der Waals surface area contributed by atoms with Crippen molar-refractivity contribution in [2.75, 3.05) is 33.3 Å². The Hall–Kier alpha value is -1.31. The van der Waals surface area contributed by atoms with E-state index < -0.39 is 10.2 Å². The van der Waals surface area contributed by atoms with Crippen LogP contribution in [0.15, 0.2) is 24.3 Å². The first-order valence-corrected chi connectivity index (χ1v) is 8.48. The largest absolute Gasteiger partial charge is 0.486 e. The lowest BCUT2D eigenvalue weighted by Gasteiger charge is -2.31. The lowest BCUT2D eigenvalue weighted by atomic mass is 10.2. The fraction of sp³-hybridized carbons (Fsp3) is 0.571. The van der Waals surface area contributed by atoms with E-state index in [4.69, 9.17) is 9.47 Å². The fourth-order valence-electron chi connectivity index (χ4n) is 2.28. The van der Waals surface area contributed by atoms with E-state index in [-0.39, 0.29) is 12.6 Å². The third kappa shape index (κ3) is 3.48. The Bertz CT molecular complexity index is 572. The Balaban J connectivity index is 2.03. The quantitative estimate of drug-likeness (QED) is 0.795. The van der Waals surface area contributed by atoms with Crippen LogP contribution in [-0.4, -0.2) is 56.4 Å². The highest BCUT2D eigenvalue weighted by molar-refractivity contribution is 7.86. The van der Waals surface area contributed by atoms with E-state index in [0.29, 0.717) is 31.2 Å². The van der Waals surface area contributed by atoms with Crippen molar-refractivity contribution in [3.63, 3.8) is 0 Å². The number of likely N-dealkylation sites (N-methyl/N-ethyl adjacent to an activating group) is 1. The number of ether oxygens (including phenoxy) is 2. The Morgan fingerprint density at radius 3 is 2.43 bits per heavy atom. The van der Waals surface area contributed by atoms with Gasteiger partial charge in [0.1, 0.15) is 12.7 Å². The van der Waals surface area contributed by atoms with Crippen molar-refractivity contribution < 1.29 is 17.9 Å². The van der Waals surface area contributed by atoms with E-state index in [0.717, 1.165) is 0 Å². The van der Waals surface area contributed by atoms with E-state index in [1.54, 1.807) is 7.05 Å². The van der Waals surface area contributed by atoms with Gasteiger partial charge in [0.25, 0.3) is 10.2 Å². The Morgan fingerprint density at radius 1 is 1.19 bits per heavy atom. The van der Waals surface area contributed by atoms with Crippen molar-refractivity contribution in [2.45, 2.75) is 20.0 Å². The van der Waals surface area contributed by atoms with Crippen LogP contribution in [0.3, 0.4) is 0 Å². The van der Waals surface area contributed by atoms with E-state index in [2.05, 4.69) is 0 Å². The molecule has 118 valence electrons. The number of fused-ring (bicyclic) bond motifs is 1. The van der Waals surface area contributed by atoms with Crippen LogP contribution in [0.25, 0.3) is 0 Å². The van der Waals surface area contributed by atoms with Gasteiger partial charge in [-0.15, -0.1) is 0 Å². The van der Waals surface area contributed by atoms with Crippen LogP contribution >= 0.6 is 0 Å². The van der Waals surface area contributed by atoms with Gasteiger partial charge in [-0.05, 0) is 12.1 Å². The van der Waals surface area contributed by atoms with Gasteiger partial charge in [-0.1, -0.05) is 26.0 Å². The van der Waals surface area contributed by atoms with Crippen molar-refractivity contribution in [2.24, 2.45) is 0 Å². The van der Waals surface area contributed by atoms with Gasteiger partial charge >= 0.3 is 0 Å². The molecule has 1 aromatic rings. The normalized spacial score (nSPS) is 18.2. The predicted octanol–water partition coefficient (Wildman–Crippen LogP) is 1.34. The van der Waals surface area contributed by atoms with Crippen LogP contribution in [0.4, 0.5) is 0 Å². The summed E-state index contributed by atoms with van der Waals surface area (Å²) in [6.45, 7) is 5.15. The highest BCUT2D eigenvalue weighted by atomic mass is 32.2. The first-order valence-electron chi connectivity index (χ1n) is 7.09. The summed E-state index contributed by atoms with van der Waals surface area (Å²) in [6.07, 6.45) is -0.310.